The van der Waals surface area contributed by atoms with Crippen molar-refractivity contribution in [2.45, 2.75) is 54.9 Å². The number of phenolic OH excluding ortho intramolecular Hbond substituents is 9. The lowest BCUT2D eigenvalue weighted by molar-refractivity contribution is 0.000361. The van der Waals surface area contributed by atoms with Gasteiger partial charge in [-0.15, -0.1) is 0 Å². The fraction of sp³-hybridized carbons (Fsp3) is 0.217. The zero-order valence-electron chi connectivity index (χ0n) is 32.5. The molecule has 3 aliphatic rings. The number of aliphatic hydroxyl groups excluding tert-OH is 3. The van der Waals surface area contributed by atoms with Gasteiger partial charge in [-0.1, -0.05) is 30.3 Å². The zero-order chi connectivity index (χ0) is 43.9. The van der Waals surface area contributed by atoms with Crippen molar-refractivity contribution < 1.29 is 80.2 Å². The fourth-order valence-electron chi connectivity index (χ4n) is 8.91. The van der Waals surface area contributed by atoms with E-state index in [-0.39, 0.29) is 91.2 Å². The summed E-state index contributed by atoms with van der Waals surface area (Å²) in [6.45, 7) is 0. The Kier molecular flexibility index (Phi) is 9.65. The highest BCUT2D eigenvalue weighted by Crippen LogP contribution is 2.60. The van der Waals surface area contributed by atoms with Crippen LogP contribution in [-0.2, 0) is 6.42 Å². The monoisotopic (exact) mass is 848 g/mol. The van der Waals surface area contributed by atoms with Gasteiger partial charge in [-0.25, -0.2) is 0 Å². The van der Waals surface area contributed by atoms with Gasteiger partial charge in [0.2, 0.25) is 0 Å². The van der Waals surface area contributed by atoms with E-state index in [2.05, 4.69) is 0 Å². The van der Waals surface area contributed by atoms with Crippen LogP contribution in [0.2, 0.25) is 0 Å². The number of ether oxygens (including phenoxy) is 4. The van der Waals surface area contributed by atoms with E-state index >= 15 is 0 Å². The molecule has 320 valence electrons. The van der Waals surface area contributed by atoms with Crippen molar-refractivity contribution in [3.05, 3.63) is 136 Å². The third-order valence-electron chi connectivity index (χ3n) is 11.9. The number of phenols is 9. The van der Waals surface area contributed by atoms with Crippen molar-refractivity contribution in [2.24, 2.45) is 0 Å². The Bertz CT molecular complexity index is 2750. The van der Waals surface area contributed by atoms with Crippen LogP contribution in [0.3, 0.4) is 0 Å². The Morgan fingerprint density at radius 3 is 1.47 bits per heavy atom. The Morgan fingerprint density at radius 1 is 0.484 bits per heavy atom. The molecule has 16 nitrogen and oxygen atoms in total. The smallest absolute Gasteiger partial charge is 0.160 e. The first-order valence-corrected chi connectivity index (χ1v) is 19.4. The zero-order valence-corrected chi connectivity index (χ0v) is 32.5. The van der Waals surface area contributed by atoms with Gasteiger partial charge in [0.25, 0.3) is 0 Å². The Morgan fingerprint density at radius 2 is 0.968 bits per heavy atom. The summed E-state index contributed by atoms with van der Waals surface area (Å²) in [5.74, 6) is -6.73. The van der Waals surface area contributed by atoms with Gasteiger partial charge in [0.15, 0.2) is 46.7 Å². The van der Waals surface area contributed by atoms with Gasteiger partial charge >= 0.3 is 0 Å². The molecule has 0 aromatic heterocycles. The number of rotatable bonds is 6. The fourth-order valence-corrected chi connectivity index (χ4v) is 8.91. The molecule has 9 rings (SSSR count). The van der Waals surface area contributed by atoms with Crippen LogP contribution in [0.1, 0.15) is 74.7 Å². The molecule has 0 saturated carbocycles. The SMILES string of the molecule is COc1ccc([C@H]2Oc3c(c(O)c([C@@H]4c5ccc(O)cc5O[C@H](c5ccc(O)c(O)c5)[C@H]4O)c(O)c3[C@@H]3c4ccc(O)cc4O[C@H](c4ccc(O)c(O)c4)[C@H]3O)C[C@@H]2O)cc1O. The van der Waals surface area contributed by atoms with E-state index in [4.69, 9.17) is 18.9 Å². The summed E-state index contributed by atoms with van der Waals surface area (Å²) in [4.78, 5) is 0. The van der Waals surface area contributed by atoms with Gasteiger partial charge < -0.3 is 80.2 Å². The summed E-state index contributed by atoms with van der Waals surface area (Å²) in [6.07, 6.45) is -9.03. The summed E-state index contributed by atoms with van der Waals surface area (Å²) in [7, 11) is 1.36. The highest BCUT2D eigenvalue weighted by molar-refractivity contribution is 5.70. The molecule has 6 aromatic carbocycles. The molecule has 0 fully saturated rings. The molecular weight excluding hydrogens is 808 g/mol. The first kappa shape index (κ1) is 40.0. The highest BCUT2D eigenvalue weighted by atomic mass is 16.5. The maximum absolute atomic E-state index is 12.9. The molecular formula is C46H40O16. The van der Waals surface area contributed by atoms with Crippen LogP contribution in [0.25, 0.3) is 0 Å². The maximum atomic E-state index is 12.9. The number of methoxy groups -OCH3 is 1. The van der Waals surface area contributed by atoms with Gasteiger partial charge in [-0.05, 0) is 65.2 Å². The van der Waals surface area contributed by atoms with Crippen molar-refractivity contribution in [2.75, 3.05) is 7.11 Å². The molecule has 16 heteroatoms. The Hall–Kier alpha value is -7.40. The molecule has 0 amide bonds. The summed E-state index contributed by atoms with van der Waals surface area (Å²) < 4.78 is 24.2. The summed E-state index contributed by atoms with van der Waals surface area (Å²) >= 11 is 0. The first-order valence-electron chi connectivity index (χ1n) is 19.4. The third kappa shape index (κ3) is 6.43. The lowest BCUT2D eigenvalue weighted by Gasteiger charge is -2.42. The van der Waals surface area contributed by atoms with E-state index in [0.717, 1.165) is 0 Å². The molecule has 0 radical (unpaired) electrons. The van der Waals surface area contributed by atoms with E-state index in [9.17, 15) is 61.3 Å². The molecule has 0 saturated heterocycles. The quantitative estimate of drug-likeness (QED) is 0.0943. The predicted molar refractivity (Wildman–Crippen MR) is 216 cm³/mol. The minimum absolute atomic E-state index is 0.0192. The summed E-state index contributed by atoms with van der Waals surface area (Å²) in [6, 6.07) is 19.9. The second-order valence-electron chi connectivity index (χ2n) is 15.5. The van der Waals surface area contributed by atoms with Gasteiger partial charge in [0, 0.05) is 58.2 Å². The predicted octanol–water partition coefficient (Wildman–Crippen LogP) is 5.34. The molecule has 62 heavy (non-hydrogen) atoms. The molecule has 3 heterocycles. The van der Waals surface area contributed by atoms with Crippen LogP contribution in [0.4, 0.5) is 0 Å². The van der Waals surface area contributed by atoms with Crippen LogP contribution >= 0.6 is 0 Å². The second kappa shape index (κ2) is 14.9. The number of aromatic hydroxyl groups is 9. The molecule has 3 aliphatic heterocycles. The van der Waals surface area contributed by atoms with Crippen molar-refractivity contribution in [3.8, 4) is 74.7 Å². The number of benzene rings is 6. The topological polar surface area (TPSA) is 280 Å². The second-order valence-corrected chi connectivity index (χ2v) is 15.5. The number of hydrogen-bond acceptors (Lipinski definition) is 16. The van der Waals surface area contributed by atoms with Gasteiger partial charge in [-0.2, -0.15) is 0 Å². The first-order chi connectivity index (χ1) is 29.6. The van der Waals surface area contributed by atoms with E-state index in [1.165, 1.54) is 92.0 Å². The molecule has 0 spiro atoms. The lowest BCUT2D eigenvalue weighted by Crippen LogP contribution is -2.38. The summed E-state index contributed by atoms with van der Waals surface area (Å²) in [5, 5.41) is 135. The molecule has 6 aromatic rings. The molecule has 0 unspecified atom stereocenters. The number of hydrogen-bond donors (Lipinski definition) is 12. The summed E-state index contributed by atoms with van der Waals surface area (Å²) in [5.41, 5.74) is 0.513. The highest BCUT2D eigenvalue weighted by Gasteiger charge is 2.49. The average molecular weight is 849 g/mol. The van der Waals surface area contributed by atoms with Crippen LogP contribution in [0, 0.1) is 0 Å². The minimum Gasteiger partial charge on any atom is -0.508 e. The largest absolute Gasteiger partial charge is 0.508 e. The van der Waals surface area contributed by atoms with Crippen molar-refractivity contribution in [3.63, 3.8) is 0 Å². The maximum Gasteiger partial charge on any atom is 0.160 e. The lowest BCUT2D eigenvalue weighted by atomic mass is 9.73. The van der Waals surface area contributed by atoms with Crippen LogP contribution in [0.5, 0.6) is 74.7 Å². The van der Waals surface area contributed by atoms with Crippen molar-refractivity contribution in [1.29, 1.82) is 0 Å². The molecule has 8 atom stereocenters. The molecule has 12 N–H and O–H groups in total. The van der Waals surface area contributed by atoms with Crippen LogP contribution in [0.15, 0.2) is 91.0 Å². The van der Waals surface area contributed by atoms with E-state index in [0.29, 0.717) is 0 Å². The van der Waals surface area contributed by atoms with Gasteiger partial charge in [-0.3, -0.25) is 0 Å². The van der Waals surface area contributed by atoms with E-state index < -0.39 is 83.0 Å². The van der Waals surface area contributed by atoms with E-state index in [1.807, 2.05) is 0 Å². The number of aliphatic hydroxyl groups is 3. The van der Waals surface area contributed by atoms with E-state index in [1.54, 1.807) is 6.07 Å². The van der Waals surface area contributed by atoms with Gasteiger partial charge in [0.1, 0.15) is 58.6 Å². The molecule has 0 aliphatic carbocycles. The van der Waals surface area contributed by atoms with Crippen molar-refractivity contribution >= 4 is 0 Å². The average Bonchev–Trinajstić information content (AvgIpc) is 3.24. The molecule has 0 bridgehead atoms. The van der Waals surface area contributed by atoms with Crippen molar-refractivity contribution in [1.82, 2.24) is 0 Å². The van der Waals surface area contributed by atoms with Crippen LogP contribution < -0.4 is 18.9 Å². The Balaban J connectivity index is 1.31. The van der Waals surface area contributed by atoms with Crippen LogP contribution in [-0.4, -0.2) is 86.7 Å². The normalized spacial score (nSPS) is 23.7. The number of fused-ring (bicyclic) bond motifs is 3. The van der Waals surface area contributed by atoms with Gasteiger partial charge in [0.05, 0.1) is 13.2 Å². The third-order valence-corrected chi connectivity index (χ3v) is 11.9. The Labute approximate surface area is 351 Å². The standard InChI is InChI=1S/C46H40O16/c1-59-32-11-4-18(14-30(32)53)43-31(54)17-25-39(55)37(35-23-7-5-21(47)15-33(23)60-44(41(35)57)19-2-9-26(49)28(51)12-19)40(56)38(46(25)62-43)36-24-8-6-22(48)16-34(24)61-45(42(36)58)20-3-10-27(50)29(52)13-20/h2-16,31,35-36,41-45,47-58H,17H2,1H3/t31-,35-,36-,41-,42-,43+,44+,45+/m0/s1. The minimum atomic E-state index is -1.68.